The lowest BCUT2D eigenvalue weighted by Crippen LogP contribution is -2.07. The van der Waals surface area contributed by atoms with Crippen LogP contribution in [0.1, 0.15) is 29.0 Å². The van der Waals surface area contributed by atoms with Crippen LogP contribution >= 0.6 is 0 Å². The summed E-state index contributed by atoms with van der Waals surface area (Å²) >= 11 is 0. The van der Waals surface area contributed by atoms with Gasteiger partial charge in [-0.3, -0.25) is 4.68 Å². The third kappa shape index (κ3) is 1.91. The first kappa shape index (κ1) is 10.7. The van der Waals surface area contributed by atoms with E-state index in [4.69, 9.17) is 0 Å². The molecule has 1 aliphatic rings. The smallest absolute Gasteiger partial charge is 0.356 e. The summed E-state index contributed by atoms with van der Waals surface area (Å²) in [4.78, 5) is 11.4. The van der Waals surface area contributed by atoms with Crippen LogP contribution in [0.25, 0.3) is 5.57 Å². The Morgan fingerprint density at radius 1 is 1.56 bits per heavy atom. The van der Waals surface area contributed by atoms with Crippen molar-refractivity contribution in [2.45, 2.75) is 12.8 Å². The van der Waals surface area contributed by atoms with Crippen LogP contribution in [-0.2, 0) is 11.8 Å². The Kier molecular flexibility index (Phi) is 2.90. The van der Waals surface area contributed by atoms with Gasteiger partial charge < -0.3 is 4.74 Å². The van der Waals surface area contributed by atoms with Crippen molar-refractivity contribution in [3.8, 4) is 0 Å². The minimum Gasteiger partial charge on any atom is -0.464 e. The number of hydrogen-bond donors (Lipinski definition) is 0. The molecule has 0 atom stereocenters. The normalized spacial score (nSPS) is 14.8. The number of hydrogen-bond acceptors (Lipinski definition) is 3. The fourth-order valence-electron chi connectivity index (χ4n) is 1.74. The van der Waals surface area contributed by atoms with Crippen LogP contribution in [0.5, 0.6) is 0 Å². The van der Waals surface area contributed by atoms with Crippen LogP contribution in [0.3, 0.4) is 0 Å². The van der Waals surface area contributed by atoms with Crippen molar-refractivity contribution < 1.29 is 9.53 Å². The Labute approximate surface area is 94.2 Å². The first-order valence-electron chi connectivity index (χ1n) is 5.21. The van der Waals surface area contributed by atoms with E-state index >= 15 is 0 Å². The van der Waals surface area contributed by atoms with Crippen LogP contribution < -0.4 is 0 Å². The molecule has 0 fully saturated rings. The number of aryl methyl sites for hydroxylation is 1. The number of esters is 1. The fraction of sp³-hybridized carbons (Fsp3) is 0.333. The summed E-state index contributed by atoms with van der Waals surface area (Å²) in [6, 6.07) is 1.77. The molecule has 0 aromatic carbocycles. The van der Waals surface area contributed by atoms with Crippen LogP contribution in [0.4, 0.5) is 0 Å². The van der Waals surface area contributed by atoms with Crippen LogP contribution in [0.15, 0.2) is 24.3 Å². The third-order valence-corrected chi connectivity index (χ3v) is 2.62. The molecule has 4 nitrogen and oxygen atoms in total. The van der Waals surface area contributed by atoms with Crippen LogP contribution in [0.2, 0.25) is 0 Å². The SMILES string of the molecule is COC(=O)c1cc(C2=CC=CCC2)nn1C. The average Bonchev–Trinajstić information content (AvgIpc) is 2.71. The number of methoxy groups -OCH3 is 1. The molecule has 0 saturated heterocycles. The standard InChI is InChI=1S/C12H14N2O2/c1-14-11(12(15)16-2)8-10(13-14)9-6-4-3-5-7-9/h3-4,6,8H,5,7H2,1-2H3. The van der Waals surface area contributed by atoms with Crippen molar-refractivity contribution in [2.24, 2.45) is 7.05 Å². The van der Waals surface area contributed by atoms with Gasteiger partial charge in [-0.25, -0.2) is 4.79 Å². The molecule has 1 aromatic heterocycles. The fourth-order valence-corrected chi connectivity index (χ4v) is 1.74. The second kappa shape index (κ2) is 4.35. The highest BCUT2D eigenvalue weighted by Crippen LogP contribution is 2.22. The zero-order chi connectivity index (χ0) is 11.5. The van der Waals surface area contributed by atoms with Gasteiger partial charge in [0.1, 0.15) is 5.69 Å². The molecule has 0 spiro atoms. The monoisotopic (exact) mass is 218 g/mol. The zero-order valence-electron chi connectivity index (χ0n) is 9.43. The van der Waals surface area contributed by atoms with E-state index in [0.717, 1.165) is 24.1 Å². The molecule has 1 heterocycles. The Bertz CT molecular complexity index is 469. The third-order valence-electron chi connectivity index (χ3n) is 2.62. The molecule has 84 valence electrons. The highest BCUT2D eigenvalue weighted by atomic mass is 16.5. The van der Waals surface area contributed by atoms with E-state index in [0.29, 0.717) is 5.69 Å². The van der Waals surface area contributed by atoms with Crippen molar-refractivity contribution in [3.63, 3.8) is 0 Å². The zero-order valence-corrected chi connectivity index (χ0v) is 9.43. The lowest BCUT2D eigenvalue weighted by Gasteiger charge is -2.04. The van der Waals surface area contributed by atoms with Gasteiger partial charge in [-0.15, -0.1) is 0 Å². The number of nitrogens with zero attached hydrogens (tertiary/aromatic N) is 2. The lowest BCUT2D eigenvalue weighted by atomic mass is 10.0. The van der Waals surface area contributed by atoms with E-state index in [9.17, 15) is 4.79 Å². The maximum atomic E-state index is 11.4. The maximum absolute atomic E-state index is 11.4. The Hall–Kier alpha value is -1.84. The molecule has 0 amide bonds. The Morgan fingerprint density at radius 3 is 3.00 bits per heavy atom. The largest absolute Gasteiger partial charge is 0.464 e. The summed E-state index contributed by atoms with van der Waals surface area (Å²) in [5.74, 6) is -0.354. The van der Waals surface area contributed by atoms with Crippen molar-refractivity contribution in [2.75, 3.05) is 7.11 Å². The summed E-state index contributed by atoms with van der Waals surface area (Å²) in [5.41, 5.74) is 2.49. The minimum atomic E-state index is -0.354. The molecular weight excluding hydrogens is 204 g/mol. The Balaban J connectivity index is 2.33. The molecular formula is C12H14N2O2. The van der Waals surface area contributed by atoms with Crippen LogP contribution in [-0.4, -0.2) is 22.9 Å². The molecule has 0 N–H and O–H groups in total. The molecule has 16 heavy (non-hydrogen) atoms. The van der Waals surface area contributed by atoms with Gasteiger partial charge in [-0.1, -0.05) is 18.2 Å². The Morgan fingerprint density at radius 2 is 2.38 bits per heavy atom. The molecule has 0 radical (unpaired) electrons. The van der Waals surface area contributed by atoms with Gasteiger partial charge in [0.2, 0.25) is 0 Å². The molecule has 0 saturated carbocycles. The van der Waals surface area contributed by atoms with Crippen molar-refractivity contribution >= 4 is 11.5 Å². The van der Waals surface area contributed by atoms with Crippen molar-refractivity contribution in [1.82, 2.24) is 9.78 Å². The van der Waals surface area contributed by atoms with Gasteiger partial charge >= 0.3 is 5.97 Å². The number of carbonyl (C=O) groups excluding carboxylic acids is 1. The number of rotatable bonds is 2. The molecule has 0 unspecified atom stereocenters. The molecule has 2 rings (SSSR count). The lowest BCUT2D eigenvalue weighted by molar-refractivity contribution is 0.0588. The van der Waals surface area contributed by atoms with Gasteiger partial charge in [0.05, 0.1) is 12.8 Å². The van der Waals surface area contributed by atoms with E-state index in [2.05, 4.69) is 15.9 Å². The summed E-state index contributed by atoms with van der Waals surface area (Å²) in [6.07, 6.45) is 8.16. The maximum Gasteiger partial charge on any atom is 0.356 e. The van der Waals surface area contributed by atoms with Crippen molar-refractivity contribution in [3.05, 3.63) is 35.7 Å². The molecule has 0 aliphatic heterocycles. The van der Waals surface area contributed by atoms with Gasteiger partial charge in [-0.2, -0.15) is 5.10 Å². The topological polar surface area (TPSA) is 44.1 Å². The van der Waals surface area contributed by atoms with E-state index in [1.54, 1.807) is 17.8 Å². The highest BCUT2D eigenvalue weighted by Gasteiger charge is 2.15. The summed E-state index contributed by atoms with van der Waals surface area (Å²) < 4.78 is 6.24. The number of aromatic nitrogens is 2. The second-order valence-electron chi connectivity index (χ2n) is 3.69. The summed E-state index contributed by atoms with van der Waals surface area (Å²) in [6.45, 7) is 0. The van der Waals surface area contributed by atoms with Crippen LogP contribution in [0, 0.1) is 0 Å². The minimum absolute atomic E-state index is 0.354. The van der Waals surface area contributed by atoms with Gasteiger partial charge in [-0.05, 0) is 24.5 Å². The molecule has 1 aliphatic carbocycles. The molecule has 1 aromatic rings. The first-order valence-corrected chi connectivity index (χ1v) is 5.21. The van der Waals surface area contributed by atoms with Crippen molar-refractivity contribution in [1.29, 1.82) is 0 Å². The highest BCUT2D eigenvalue weighted by molar-refractivity contribution is 5.88. The molecule has 4 heteroatoms. The quantitative estimate of drug-likeness (QED) is 0.712. The van der Waals surface area contributed by atoms with E-state index < -0.39 is 0 Å². The van der Waals surface area contributed by atoms with Gasteiger partial charge in [0.25, 0.3) is 0 Å². The van der Waals surface area contributed by atoms with E-state index in [1.807, 2.05) is 12.2 Å². The van der Waals surface area contributed by atoms with Gasteiger partial charge in [0.15, 0.2) is 0 Å². The van der Waals surface area contributed by atoms with Gasteiger partial charge in [0, 0.05) is 7.05 Å². The first-order chi connectivity index (χ1) is 7.72. The summed E-state index contributed by atoms with van der Waals surface area (Å²) in [5, 5.41) is 4.32. The van der Waals surface area contributed by atoms with E-state index in [-0.39, 0.29) is 5.97 Å². The number of allylic oxidation sites excluding steroid dienone is 4. The summed E-state index contributed by atoms with van der Waals surface area (Å²) in [7, 11) is 3.12. The predicted octanol–water partition coefficient (Wildman–Crippen LogP) is 1.94. The average molecular weight is 218 g/mol. The van der Waals surface area contributed by atoms with E-state index in [1.165, 1.54) is 7.11 Å². The number of ether oxygens (including phenoxy) is 1. The molecule has 0 bridgehead atoms. The number of carbonyl (C=O) groups is 1. The second-order valence-corrected chi connectivity index (χ2v) is 3.69. The predicted molar refractivity (Wildman–Crippen MR) is 60.9 cm³/mol.